The number of hydrogen-bond donors (Lipinski definition) is 8. The Hall–Kier alpha value is -9.65. The van der Waals surface area contributed by atoms with Crippen LogP contribution in [0.5, 0.6) is 63.2 Å². The topological polar surface area (TPSA) is 354 Å². The van der Waals surface area contributed by atoms with Gasteiger partial charge in [0.15, 0.2) is 57.1 Å². The number of piperazine rings is 2. The fraction of sp³-hybridized carbons (Fsp3) is 0.471. The van der Waals surface area contributed by atoms with E-state index in [2.05, 4.69) is 79.2 Å². The highest BCUT2D eigenvalue weighted by atomic mass is 32.2. The highest BCUT2D eigenvalue weighted by Crippen LogP contribution is 2.77. The van der Waals surface area contributed by atoms with E-state index in [0.29, 0.717) is 120 Å². The van der Waals surface area contributed by atoms with Gasteiger partial charge in [0, 0.05) is 147 Å². The average Bonchev–Trinajstić information content (AvgIpc) is 1.46. The van der Waals surface area contributed by atoms with Gasteiger partial charge >= 0.3 is 23.9 Å². The Balaban J connectivity index is 0.702. The summed E-state index contributed by atoms with van der Waals surface area (Å²) in [4.78, 5) is 77.4. The number of hydrogen-bond acceptors (Lipinski definition) is 28. The summed E-state index contributed by atoms with van der Waals surface area (Å²) in [5.74, 6) is 1.33. The van der Waals surface area contributed by atoms with Crippen molar-refractivity contribution in [2.45, 2.75) is 187 Å². The number of nitriles is 1. The smallest absolute Gasteiger partial charge is 0.333 e. The molecule has 6 aromatic carbocycles. The lowest BCUT2D eigenvalue weighted by Gasteiger charge is -2.56. The summed E-state index contributed by atoms with van der Waals surface area (Å²) in [6.45, 7) is 16.6. The molecule has 0 radical (unpaired) electrons. The first-order valence-electron chi connectivity index (χ1n) is 39.4. The van der Waals surface area contributed by atoms with Crippen molar-refractivity contribution in [3.8, 4) is 69.3 Å². The van der Waals surface area contributed by atoms with Crippen LogP contribution in [0.25, 0.3) is 21.8 Å². The first-order chi connectivity index (χ1) is 55.4. The number of esters is 4. The van der Waals surface area contributed by atoms with E-state index >= 15 is 9.59 Å². The molecular weight excluding hydrogens is 1510 g/mol. The van der Waals surface area contributed by atoms with Crippen LogP contribution in [-0.4, -0.2) is 178 Å². The molecule has 115 heavy (non-hydrogen) atoms. The second kappa shape index (κ2) is 24.3. The zero-order valence-corrected chi connectivity index (χ0v) is 67.0. The molecule has 28 nitrogen and oxygen atoms in total. The molecular formula is C85H87N11O17S2. The predicted molar refractivity (Wildman–Crippen MR) is 419 cm³/mol. The van der Waals surface area contributed by atoms with Crippen molar-refractivity contribution in [2.24, 2.45) is 11.5 Å². The van der Waals surface area contributed by atoms with Crippen LogP contribution in [0.4, 0.5) is 0 Å². The number of methoxy groups -OCH3 is 3. The SMILES string of the molecule is COc1ccc2[nH]c3c(c2c1)C[C@@H](CN)N[C@]31CS[C@@H]2c3c(OC(C)=O)c(C)c4c(c3[C@H](COC1=O)N1[C@@H]2[C@H]2c3c(cc(C)c(OC)c3O)C3(C)[C@@H]([C@@H]1C)N23)OC(c1cccc2[nH]c3c(c12)C[C@H](CN)N[C@]31CS[C@@H]2c3c(OC(C)=O)c(C)c5c(c3[C@H](COC1=O)N1[C@@H]2[C@H]2c3c(cc(C)c(OC)c3O)C3(C)[C@@H]([C@@H]1C#N)N23)OCO5)O4. The Morgan fingerprint density at radius 2 is 1.17 bits per heavy atom. The Labute approximate surface area is 669 Å². The number of ether oxygens (including phenoxy) is 11. The minimum Gasteiger partial charge on any atom is -0.504 e. The molecule has 5 unspecified atom stereocenters. The maximum atomic E-state index is 16.4. The van der Waals surface area contributed by atoms with E-state index in [4.69, 9.17) is 63.6 Å². The first-order valence-corrected chi connectivity index (χ1v) is 41.5. The number of aromatic nitrogens is 2. The number of nitrogens with two attached hydrogens (primary N) is 2. The normalized spacial score (nSPS) is 34.4. The van der Waals surface area contributed by atoms with Crippen LogP contribution in [0, 0.1) is 39.0 Å². The van der Waals surface area contributed by atoms with Gasteiger partial charge in [0.25, 0.3) is 6.29 Å². The van der Waals surface area contributed by atoms with Crippen molar-refractivity contribution in [1.82, 2.24) is 40.2 Å². The lowest BCUT2D eigenvalue weighted by molar-refractivity contribution is -0.157. The molecule has 30 heteroatoms. The summed E-state index contributed by atoms with van der Waals surface area (Å²) in [5, 5.41) is 44.9. The molecule has 0 saturated carbocycles. The van der Waals surface area contributed by atoms with Crippen LogP contribution in [-0.2, 0) is 63.6 Å². The molecule has 16 aliphatic heterocycles. The summed E-state index contributed by atoms with van der Waals surface area (Å²) in [7, 11) is 4.74. The van der Waals surface area contributed by atoms with Crippen LogP contribution in [0.1, 0.15) is 170 Å². The molecule has 8 aromatic rings. The number of aromatic amines is 2. The Morgan fingerprint density at radius 3 is 1.75 bits per heavy atom. The number of phenols is 2. The van der Waals surface area contributed by atoms with Gasteiger partial charge in [-0.15, -0.1) is 23.5 Å². The van der Waals surface area contributed by atoms with Gasteiger partial charge < -0.3 is 83.8 Å². The van der Waals surface area contributed by atoms with Gasteiger partial charge in [-0.25, -0.2) is 9.59 Å². The number of carbonyl (C=O) groups excluding carboxylic acids is 4. The van der Waals surface area contributed by atoms with Gasteiger partial charge in [-0.3, -0.25) is 39.8 Å². The summed E-state index contributed by atoms with van der Waals surface area (Å²) >= 11 is 3.00. The van der Waals surface area contributed by atoms with Crippen LogP contribution in [0.2, 0.25) is 0 Å². The van der Waals surface area contributed by atoms with Crippen LogP contribution in [0.15, 0.2) is 48.5 Å². The summed E-state index contributed by atoms with van der Waals surface area (Å²) in [6, 6.07) is 12.4. The molecule has 0 amide bonds. The van der Waals surface area contributed by atoms with Crippen molar-refractivity contribution in [3.05, 3.63) is 143 Å². The third kappa shape index (κ3) is 8.85. The number of rotatable bonds is 8. The number of nitrogens with one attached hydrogen (secondary N) is 4. The van der Waals surface area contributed by atoms with Crippen molar-refractivity contribution in [1.29, 1.82) is 5.26 Å². The number of nitrogens with zero attached hydrogens (tertiary/aromatic N) is 5. The van der Waals surface area contributed by atoms with Crippen molar-refractivity contribution in [2.75, 3.05) is 65.9 Å². The molecule has 16 aliphatic rings. The van der Waals surface area contributed by atoms with E-state index in [1.165, 1.54) is 32.7 Å². The number of benzene rings is 6. The summed E-state index contributed by atoms with van der Waals surface area (Å²) in [5.41, 5.74) is 22.6. The number of aryl methyl sites for hydroxylation is 2. The van der Waals surface area contributed by atoms with E-state index in [1.54, 1.807) is 26.0 Å². The first kappa shape index (κ1) is 71.9. The predicted octanol–water partition coefficient (Wildman–Crippen LogP) is 8.84. The van der Waals surface area contributed by atoms with Crippen molar-refractivity contribution >= 4 is 69.2 Å². The molecule has 21 atom stereocenters. The number of H-pyrrole nitrogens is 2. The van der Waals surface area contributed by atoms with Gasteiger partial charge in [-0.1, -0.05) is 12.1 Å². The molecule has 2 spiro atoms. The van der Waals surface area contributed by atoms with E-state index < -0.39 is 111 Å². The Morgan fingerprint density at radius 1 is 0.635 bits per heavy atom. The monoisotopic (exact) mass is 1600 g/mol. The maximum Gasteiger partial charge on any atom is 0.333 e. The molecule has 4 bridgehead atoms. The van der Waals surface area contributed by atoms with E-state index in [-0.39, 0.29) is 91.8 Å². The van der Waals surface area contributed by atoms with Gasteiger partial charge in [-0.05, 0) is 131 Å². The van der Waals surface area contributed by atoms with Crippen LogP contribution < -0.4 is 64.7 Å². The van der Waals surface area contributed by atoms with Gasteiger partial charge in [0.2, 0.25) is 6.79 Å². The largest absolute Gasteiger partial charge is 0.504 e. The van der Waals surface area contributed by atoms with Gasteiger partial charge in [0.05, 0.1) is 90.6 Å². The van der Waals surface area contributed by atoms with Crippen LogP contribution in [0.3, 0.4) is 0 Å². The number of aromatic hydroxyl groups is 2. The zero-order chi connectivity index (χ0) is 79.5. The lowest BCUT2D eigenvalue weighted by atomic mass is 9.75. The minimum absolute atomic E-state index is 0.00346. The van der Waals surface area contributed by atoms with Gasteiger partial charge in [-0.2, -0.15) is 5.26 Å². The highest BCUT2D eigenvalue weighted by Gasteiger charge is 2.80. The fourth-order valence-corrected chi connectivity index (χ4v) is 27.5. The molecule has 10 N–H and O–H groups in total. The standard InChI is InChI=1S/C85H87N11O17S2/c1-31-18-45-53(63(99)65(31)104-11)59-61-73-58-56(50(93(61)35(5)77-82(45,8)95(59)77)26-106-80(101)84(28-114-73)75-43(20-38(23-86)91-84)42-22-40(103-10)16-17-47(42)89-75)72-70(34(4)68(58)111-37(7)98)112-79(113-72)41-14-13-15-48-52(41)44-21-39(24-87)92-85(76(44)90-48)29-115-74-57-55(71-69(108-30-109-71)33(3)67(57)110-36(6)97)51(27-107-81(85)102)94-49(25-88)78-83(9)46-19-32(2)66(105-12)64(100)54(46)60(62(74)94)96(78)83/h13-19,22,35,38-39,49-51,59-62,73-74,77-79,89-92,99-100H,20-21,23-24,26-30,86-87H2,1-12H3/t35-,38-,39+,49-,50-,51-,59+,60+,61+,62+,73+,74+,77+,78+,79?,82?,83?,84+,85+,95?,96?/m0/s1. The number of fused-ring (bicyclic) bond motifs is 22. The maximum absolute atomic E-state index is 16.4. The molecule has 24 rings (SSSR count). The number of phenolic OH excluding ortho intramolecular Hbond substituents is 2. The van der Waals surface area contributed by atoms with E-state index in [1.807, 2.05) is 64.1 Å². The zero-order valence-electron chi connectivity index (χ0n) is 65.4. The van der Waals surface area contributed by atoms with Crippen molar-refractivity contribution < 1.29 is 81.5 Å². The number of thioether (sulfide) groups is 2. The van der Waals surface area contributed by atoms with Crippen molar-refractivity contribution in [3.63, 3.8) is 0 Å². The molecule has 18 heterocycles. The third-order valence-electron chi connectivity index (χ3n) is 28.6. The lowest BCUT2D eigenvalue weighted by Crippen LogP contribution is -2.64. The molecule has 6 fully saturated rings. The fourth-order valence-electron chi connectivity index (χ4n) is 24.1. The third-order valence-corrected chi connectivity index (χ3v) is 31.5. The van der Waals surface area contributed by atoms with Gasteiger partial charge in [0.1, 0.15) is 36.5 Å². The average molecular weight is 1600 g/mol. The molecule has 6 saturated heterocycles. The van der Waals surface area contributed by atoms with E-state index in [9.17, 15) is 25.1 Å². The minimum atomic E-state index is -1.68. The second-order valence-corrected chi connectivity index (χ2v) is 36.2. The summed E-state index contributed by atoms with van der Waals surface area (Å²) in [6.07, 6.45) is -0.346. The van der Waals surface area contributed by atoms with Crippen LogP contribution >= 0.6 is 23.5 Å². The molecule has 2 aromatic heterocycles. The Kier molecular flexibility index (Phi) is 15.2. The highest BCUT2D eigenvalue weighted by molar-refractivity contribution is 7.99. The molecule has 596 valence electrons. The number of carbonyl (C=O) groups is 4. The quantitative estimate of drug-likeness (QED) is 0.0400. The Bertz CT molecular complexity index is 5830. The van der Waals surface area contributed by atoms with E-state index in [0.717, 1.165) is 49.8 Å². The molecule has 0 aliphatic carbocycles. The summed E-state index contributed by atoms with van der Waals surface area (Å²) < 4.78 is 72.6. The second-order valence-electron chi connectivity index (χ2n) is 33.9.